The number of alkyl halides is 3. The predicted molar refractivity (Wildman–Crippen MR) is 44.4 cm³/mol. The van der Waals surface area contributed by atoms with Gasteiger partial charge in [-0.2, -0.15) is 26.3 Å². The summed E-state index contributed by atoms with van der Waals surface area (Å²) in [5.74, 6) is 0. The summed E-state index contributed by atoms with van der Waals surface area (Å²) in [5, 5.41) is 0. The van der Waals surface area contributed by atoms with Crippen LogP contribution in [-0.4, -0.2) is 45.7 Å². The van der Waals surface area contributed by atoms with E-state index in [1.54, 1.807) is 21.0 Å². The number of primary sulfonamides is 1. The fraction of sp³-hybridized carbons (Fsp3) is 1.00. The maximum atomic E-state index is 11.9. The van der Waals surface area contributed by atoms with Crippen LogP contribution in [0, 0.1) is 0 Å². The van der Waals surface area contributed by atoms with E-state index >= 15 is 0 Å². The quantitative estimate of drug-likeness (QED) is 0.526. The Balaban J connectivity index is 4.43. The van der Waals surface area contributed by atoms with Crippen LogP contribution in [0.5, 0.6) is 0 Å². The molecule has 2 N–H and O–H groups in total. The molecular weight excluding hydrogens is 221 g/mol. The highest BCUT2D eigenvalue weighted by Crippen LogP contribution is 2.18. The molecule has 0 bridgehead atoms. The molecule has 0 spiro atoms. The Bertz CT molecular complexity index is 284. The van der Waals surface area contributed by atoms with Gasteiger partial charge in [0.05, 0.1) is 20.6 Å². The van der Waals surface area contributed by atoms with Gasteiger partial charge in [0.25, 0.3) is 0 Å². The molecule has 4 nitrogen and oxygen atoms in total. The van der Waals surface area contributed by atoms with E-state index in [1.807, 2.05) is 0 Å². The fourth-order valence-electron chi connectivity index (χ4n) is 0.523. The number of sulfonamides is 1. The topological polar surface area (TPSA) is 50.8 Å². The summed E-state index contributed by atoms with van der Waals surface area (Å²) in [4.78, 5) is 0. The number of halogens is 3. The SMILES string of the molecule is CC[N+](C)(C)C[NH2+]S(=O)(=O)C(F)(F)F. The van der Waals surface area contributed by atoms with E-state index in [0.717, 1.165) is 0 Å². The second-order valence-electron chi connectivity index (χ2n) is 3.59. The van der Waals surface area contributed by atoms with Crippen LogP contribution < -0.4 is 4.72 Å². The van der Waals surface area contributed by atoms with Crippen LogP contribution >= 0.6 is 0 Å². The van der Waals surface area contributed by atoms with Crippen LogP contribution in [-0.2, 0) is 10.0 Å². The molecule has 0 atom stereocenters. The van der Waals surface area contributed by atoms with Crippen LogP contribution in [0.4, 0.5) is 13.2 Å². The normalized spacial score (nSPS) is 14.4. The van der Waals surface area contributed by atoms with Gasteiger partial charge in [-0.15, -0.1) is 0 Å². The molecule has 0 heterocycles. The molecule has 86 valence electrons. The monoisotopic (exact) mass is 236 g/mol. The summed E-state index contributed by atoms with van der Waals surface area (Å²) in [5.41, 5.74) is -5.18. The zero-order valence-corrected chi connectivity index (χ0v) is 9.11. The Labute approximate surface area is 81.3 Å². The number of rotatable bonds is 4. The van der Waals surface area contributed by atoms with Gasteiger partial charge in [-0.3, -0.25) is 4.48 Å². The highest BCUT2D eigenvalue weighted by Gasteiger charge is 2.50. The molecule has 8 heteroatoms. The van der Waals surface area contributed by atoms with Gasteiger partial charge in [-0.05, 0) is 6.92 Å². The zero-order valence-electron chi connectivity index (χ0n) is 8.30. The molecule has 0 aliphatic rings. The highest BCUT2D eigenvalue weighted by atomic mass is 32.2. The van der Waals surface area contributed by atoms with E-state index in [9.17, 15) is 21.6 Å². The van der Waals surface area contributed by atoms with Crippen molar-refractivity contribution in [3.8, 4) is 0 Å². The van der Waals surface area contributed by atoms with Crippen molar-refractivity contribution in [3.63, 3.8) is 0 Å². The Morgan fingerprint density at radius 2 is 1.71 bits per heavy atom. The number of nitrogens with two attached hydrogens (primary N) is 1. The second kappa shape index (κ2) is 4.03. The standard InChI is InChI=1S/C6H14F3N2O2S/c1-4-11(2,3)5-10-14(12,13)6(7,8)9/h10H,4-5H2,1-3H3/q+1/p+1. The van der Waals surface area contributed by atoms with E-state index < -0.39 is 15.5 Å². The van der Waals surface area contributed by atoms with E-state index in [4.69, 9.17) is 0 Å². The Kier molecular flexibility index (Phi) is 3.93. The van der Waals surface area contributed by atoms with E-state index in [1.165, 1.54) is 0 Å². The molecule has 0 saturated carbocycles. The number of quaternary nitrogens is 2. The van der Waals surface area contributed by atoms with Crippen molar-refractivity contribution in [1.82, 2.24) is 0 Å². The molecule has 0 amide bonds. The van der Waals surface area contributed by atoms with Gasteiger partial charge >= 0.3 is 15.5 Å². The van der Waals surface area contributed by atoms with Crippen molar-refractivity contribution in [1.29, 1.82) is 0 Å². The van der Waals surface area contributed by atoms with Crippen LogP contribution in [0.3, 0.4) is 0 Å². The minimum Gasteiger partial charge on any atom is -0.281 e. The molecule has 0 aliphatic carbocycles. The average molecular weight is 236 g/mol. The fourth-order valence-corrected chi connectivity index (χ4v) is 1.31. The first-order valence-corrected chi connectivity index (χ1v) is 5.53. The first-order chi connectivity index (χ1) is 6.02. The van der Waals surface area contributed by atoms with Gasteiger partial charge in [0.15, 0.2) is 0 Å². The number of hydrogen-bond acceptors (Lipinski definition) is 2. The van der Waals surface area contributed by atoms with Crippen LogP contribution in [0.2, 0.25) is 0 Å². The van der Waals surface area contributed by atoms with Gasteiger partial charge < -0.3 is 0 Å². The third-order valence-electron chi connectivity index (χ3n) is 1.97. The average Bonchev–Trinajstić information content (AvgIpc) is 1.99. The number of hydrogen-bond donors (Lipinski definition) is 1. The zero-order chi connectivity index (χ0) is 11.6. The molecule has 0 aromatic heterocycles. The van der Waals surface area contributed by atoms with E-state index in [0.29, 0.717) is 11.3 Å². The van der Waals surface area contributed by atoms with Crippen molar-refractivity contribution in [3.05, 3.63) is 0 Å². The van der Waals surface area contributed by atoms with Crippen molar-refractivity contribution >= 4 is 10.0 Å². The first kappa shape index (κ1) is 13.7. The Morgan fingerprint density at radius 1 is 1.29 bits per heavy atom. The lowest BCUT2D eigenvalue weighted by molar-refractivity contribution is -0.966. The van der Waals surface area contributed by atoms with Crippen molar-refractivity contribution in [2.75, 3.05) is 27.3 Å². The van der Waals surface area contributed by atoms with Gasteiger partial charge in [0.2, 0.25) is 6.67 Å². The smallest absolute Gasteiger partial charge is 0.281 e. The Morgan fingerprint density at radius 3 is 2.00 bits per heavy atom. The molecule has 0 radical (unpaired) electrons. The van der Waals surface area contributed by atoms with Gasteiger partial charge in [0.1, 0.15) is 0 Å². The summed E-state index contributed by atoms with van der Waals surface area (Å²) in [6.45, 7) is 2.18. The lowest BCUT2D eigenvalue weighted by Crippen LogP contribution is -2.94. The van der Waals surface area contributed by atoms with Crippen LogP contribution in [0.15, 0.2) is 0 Å². The first-order valence-electron chi connectivity index (χ1n) is 3.98. The van der Waals surface area contributed by atoms with E-state index in [2.05, 4.69) is 0 Å². The summed E-state index contributed by atoms with van der Waals surface area (Å²) < 4.78 is 57.4. The highest BCUT2D eigenvalue weighted by molar-refractivity contribution is 7.85. The molecule has 0 saturated heterocycles. The maximum absolute atomic E-state index is 11.9. The van der Waals surface area contributed by atoms with Gasteiger partial charge in [-0.25, -0.2) is 0 Å². The van der Waals surface area contributed by atoms with Gasteiger partial charge in [-0.1, -0.05) is 0 Å². The third-order valence-corrected chi connectivity index (χ3v) is 3.20. The summed E-state index contributed by atoms with van der Waals surface area (Å²) in [6.07, 6.45) is 0. The van der Waals surface area contributed by atoms with Crippen LogP contribution in [0.1, 0.15) is 6.92 Å². The molecule has 0 aliphatic heterocycles. The van der Waals surface area contributed by atoms with Gasteiger partial charge in [0, 0.05) is 0 Å². The summed E-state index contributed by atoms with van der Waals surface area (Å²) in [6, 6.07) is 0. The molecule has 0 aromatic rings. The van der Waals surface area contributed by atoms with E-state index in [-0.39, 0.29) is 11.2 Å². The van der Waals surface area contributed by atoms with Crippen LogP contribution in [0.25, 0.3) is 0 Å². The summed E-state index contributed by atoms with van der Waals surface area (Å²) in [7, 11) is -1.77. The Hall–Kier alpha value is -0.340. The molecular formula is C6H15F3N2O2S+2. The minimum absolute atomic E-state index is 0.154. The predicted octanol–water partition coefficient (Wildman–Crippen LogP) is -0.547. The summed E-state index contributed by atoms with van der Waals surface area (Å²) >= 11 is 0. The maximum Gasteiger partial charge on any atom is 0.549 e. The second-order valence-corrected chi connectivity index (χ2v) is 5.48. The largest absolute Gasteiger partial charge is 0.549 e. The van der Waals surface area contributed by atoms with Crippen molar-refractivity contribution in [2.24, 2.45) is 0 Å². The number of nitrogens with zero attached hydrogens (tertiary/aromatic N) is 1. The molecule has 0 unspecified atom stereocenters. The lowest BCUT2D eigenvalue weighted by atomic mass is 10.5. The molecule has 0 rings (SSSR count). The van der Waals surface area contributed by atoms with Crippen molar-refractivity contribution < 1.29 is 30.8 Å². The minimum atomic E-state index is -5.18. The molecule has 0 fully saturated rings. The molecule has 14 heavy (non-hydrogen) atoms. The lowest BCUT2D eigenvalue weighted by Gasteiger charge is -2.25. The third kappa shape index (κ3) is 3.81. The van der Waals surface area contributed by atoms with Crippen molar-refractivity contribution in [2.45, 2.75) is 12.4 Å². The molecule has 0 aromatic carbocycles.